The van der Waals surface area contributed by atoms with E-state index >= 15 is 0 Å². The molecule has 0 N–H and O–H groups in total. The third-order valence-corrected chi connectivity index (χ3v) is 15.4. The fraction of sp³-hybridized carbons (Fsp3) is 0.400. The number of benzene rings is 6. The molecule has 0 bridgehead atoms. The topological polar surface area (TPSA) is 36.9 Å². The van der Waals surface area contributed by atoms with Gasteiger partial charge in [0.1, 0.15) is 23.0 Å². The van der Waals surface area contributed by atoms with E-state index < -0.39 is 16.8 Å². The summed E-state index contributed by atoms with van der Waals surface area (Å²) in [6.07, 6.45) is 0. The molecule has 0 saturated carbocycles. The average molecular weight is 923 g/mol. The summed E-state index contributed by atoms with van der Waals surface area (Å²) in [5.41, 5.74) is 12.2. The summed E-state index contributed by atoms with van der Waals surface area (Å²) >= 11 is 0. The molecule has 4 nitrogen and oxygen atoms in total. The normalized spacial score (nSPS) is 12.1. The molecule has 0 amide bonds. The van der Waals surface area contributed by atoms with Crippen LogP contribution < -0.4 is 28.7 Å². The van der Waals surface area contributed by atoms with Gasteiger partial charge in [-0.05, 0) is 152 Å². The van der Waals surface area contributed by atoms with Crippen LogP contribution >= 0.6 is 16.8 Å². The predicted molar refractivity (Wildman–Crippen MR) is 286 cm³/mol. The van der Waals surface area contributed by atoms with E-state index in [0.717, 1.165) is 44.7 Å². The van der Waals surface area contributed by atoms with Crippen LogP contribution in [0.2, 0.25) is 0 Å². The summed E-state index contributed by atoms with van der Waals surface area (Å²) in [6.45, 7) is 35.8. The Morgan fingerprint density at radius 3 is 0.652 bits per heavy atom. The molecule has 6 heteroatoms. The minimum atomic E-state index is -1.54. The van der Waals surface area contributed by atoms with E-state index in [0.29, 0.717) is 47.3 Å². The lowest BCUT2D eigenvalue weighted by Gasteiger charge is -2.25. The molecule has 6 aromatic rings. The van der Waals surface area contributed by atoms with Crippen LogP contribution in [0.15, 0.2) is 121 Å². The first-order chi connectivity index (χ1) is 31.3. The van der Waals surface area contributed by atoms with Crippen molar-refractivity contribution in [3.05, 3.63) is 166 Å². The van der Waals surface area contributed by atoms with Crippen molar-refractivity contribution in [2.24, 2.45) is 0 Å². The van der Waals surface area contributed by atoms with Gasteiger partial charge in [-0.2, -0.15) is 0 Å². The molecule has 350 valence electrons. The van der Waals surface area contributed by atoms with Gasteiger partial charge in [0.25, 0.3) is 0 Å². The Hall–Kier alpha value is -4.62. The highest BCUT2D eigenvalue weighted by Gasteiger charge is 2.26. The Bertz CT molecular complexity index is 2210. The van der Waals surface area contributed by atoms with Gasteiger partial charge >= 0.3 is 16.8 Å². The molecule has 0 aliphatic heterocycles. The molecule has 0 fully saturated rings. The van der Waals surface area contributed by atoms with Crippen molar-refractivity contribution in [3.63, 3.8) is 0 Å². The van der Waals surface area contributed by atoms with Crippen molar-refractivity contribution in [2.45, 2.75) is 158 Å². The molecule has 6 rings (SSSR count). The molecule has 0 aliphatic carbocycles. The fourth-order valence-corrected chi connectivity index (χ4v) is 10.7. The van der Waals surface area contributed by atoms with Gasteiger partial charge in [0, 0.05) is 0 Å². The summed E-state index contributed by atoms with van der Waals surface area (Å²) in [5.74, 6) is 6.37. The zero-order valence-corrected chi connectivity index (χ0v) is 44.5. The molecule has 0 aromatic heterocycles. The lowest BCUT2D eigenvalue weighted by Crippen LogP contribution is -2.13. The second kappa shape index (κ2) is 22.5. The van der Waals surface area contributed by atoms with Crippen LogP contribution in [0.4, 0.5) is 0 Å². The molecule has 66 heavy (non-hydrogen) atoms. The lowest BCUT2D eigenvalue weighted by molar-refractivity contribution is 0.489. The van der Waals surface area contributed by atoms with Gasteiger partial charge < -0.3 is 18.1 Å². The van der Waals surface area contributed by atoms with Crippen molar-refractivity contribution in [1.82, 2.24) is 0 Å². The van der Waals surface area contributed by atoms with Crippen molar-refractivity contribution in [2.75, 3.05) is 0 Å². The first kappa shape index (κ1) is 50.8. The fourth-order valence-electron chi connectivity index (χ4n) is 8.00. The van der Waals surface area contributed by atoms with Gasteiger partial charge in [0.05, 0.1) is 10.6 Å². The summed E-state index contributed by atoms with van der Waals surface area (Å²) in [4.78, 5) is 0. The summed E-state index contributed by atoms with van der Waals surface area (Å²) in [5, 5.41) is 2.02. The first-order valence-corrected chi connectivity index (χ1v) is 26.7. The molecule has 0 radical (unpaired) electrons. The number of rotatable bonds is 19. The summed E-state index contributed by atoms with van der Waals surface area (Å²) < 4.78 is 28.1. The van der Waals surface area contributed by atoms with Gasteiger partial charge in [-0.3, -0.25) is 0 Å². The maximum Gasteiger partial charge on any atom is 0.326 e. The van der Waals surface area contributed by atoms with E-state index in [1.165, 1.54) is 44.5 Å². The molecule has 0 aliphatic rings. The Labute approximate surface area is 401 Å². The number of hydrogen-bond donors (Lipinski definition) is 0. The Kier molecular flexibility index (Phi) is 17.3. The third-order valence-electron chi connectivity index (χ3n) is 12.5. The molecule has 0 saturated heterocycles. The molecular weight excluding hydrogens is 847 g/mol. The lowest BCUT2D eigenvalue weighted by atomic mass is 9.95. The second-order valence-corrected chi connectivity index (χ2v) is 23.2. The minimum Gasteiger partial charge on any atom is -0.435 e. The van der Waals surface area contributed by atoms with Crippen LogP contribution in [0.3, 0.4) is 0 Å². The van der Waals surface area contributed by atoms with Crippen LogP contribution in [0.25, 0.3) is 11.1 Å². The zero-order valence-electron chi connectivity index (χ0n) is 42.7. The van der Waals surface area contributed by atoms with E-state index in [2.05, 4.69) is 232 Å². The molecular formula is C60H76O4P2. The number of hydrogen-bond acceptors (Lipinski definition) is 4. The standard InChI is InChI=1S/C60H76O4P2/c1-37(2)47-21-29-57(53(33-47)41(9)10)61-65(62-58-30-22-48(38(3)4)34-54(58)42(11)12)51-25-17-45(18-26-51)46-19-27-52(28-20-46)66(63-59-31-23-49(39(5)6)35-55(59)43(13)14)64-60-32-24-50(40(7)8)36-56(60)44(15)16/h17-44H,1-16H3. The quantitative estimate of drug-likeness (QED) is 0.0759. The molecule has 6 aromatic carbocycles. The van der Waals surface area contributed by atoms with E-state index in [-0.39, 0.29) is 0 Å². The highest BCUT2D eigenvalue weighted by atomic mass is 31.2. The molecule has 0 heterocycles. The largest absolute Gasteiger partial charge is 0.435 e. The predicted octanol–water partition coefficient (Wildman–Crippen LogP) is 18.5. The third kappa shape index (κ3) is 12.5. The SMILES string of the molecule is CC(C)c1ccc(OP(Oc2ccc(C(C)C)cc2C(C)C)c2ccc(-c3ccc(P(Oc4ccc(C(C)C)cc4C(C)C)Oc4ccc(C(C)C)cc4C(C)C)cc3)cc2)c(C(C)C)c1. The van der Waals surface area contributed by atoms with Crippen LogP contribution in [-0.2, 0) is 0 Å². The second-order valence-electron chi connectivity index (χ2n) is 20.4. The summed E-state index contributed by atoms with van der Waals surface area (Å²) in [6, 6.07) is 44.0. The van der Waals surface area contributed by atoms with Crippen LogP contribution in [0.1, 0.15) is 203 Å². The van der Waals surface area contributed by atoms with Gasteiger partial charge in [0.15, 0.2) is 0 Å². The van der Waals surface area contributed by atoms with Crippen LogP contribution in [0.5, 0.6) is 23.0 Å². The van der Waals surface area contributed by atoms with E-state index in [1.54, 1.807) is 0 Å². The van der Waals surface area contributed by atoms with Crippen LogP contribution in [-0.4, -0.2) is 0 Å². The van der Waals surface area contributed by atoms with Crippen molar-refractivity contribution >= 4 is 27.4 Å². The van der Waals surface area contributed by atoms with Crippen molar-refractivity contribution < 1.29 is 18.1 Å². The average Bonchev–Trinajstić information content (AvgIpc) is 3.28. The maximum absolute atomic E-state index is 7.03. The Balaban J connectivity index is 1.36. The Morgan fingerprint density at radius 1 is 0.258 bits per heavy atom. The minimum absolute atomic E-state index is 0.291. The van der Waals surface area contributed by atoms with E-state index in [1.807, 2.05) is 0 Å². The summed E-state index contributed by atoms with van der Waals surface area (Å²) in [7, 11) is -3.08. The van der Waals surface area contributed by atoms with Gasteiger partial charge in [-0.1, -0.05) is 184 Å². The van der Waals surface area contributed by atoms with Gasteiger partial charge in [0.2, 0.25) is 0 Å². The van der Waals surface area contributed by atoms with Crippen molar-refractivity contribution in [3.8, 4) is 34.1 Å². The zero-order chi connectivity index (χ0) is 48.0. The first-order valence-electron chi connectivity index (χ1n) is 24.4. The molecule has 0 spiro atoms. The smallest absolute Gasteiger partial charge is 0.326 e. The Morgan fingerprint density at radius 2 is 0.470 bits per heavy atom. The van der Waals surface area contributed by atoms with Crippen LogP contribution in [0, 0.1) is 0 Å². The maximum atomic E-state index is 7.03. The van der Waals surface area contributed by atoms with E-state index in [4.69, 9.17) is 18.1 Å². The van der Waals surface area contributed by atoms with E-state index in [9.17, 15) is 0 Å². The van der Waals surface area contributed by atoms with Gasteiger partial charge in [-0.15, -0.1) is 0 Å². The highest BCUT2D eigenvalue weighted by molar-refractivity contribution is 7.57. The highest BCUT2D eigenvalue weighted by Crippen LogP contribution is 2.47. The molecule has 0 atom stereocenters. The van der Waals surface area contributed by atoms with Gasteiger partial charge in [-0.25, -0.2) is 0 Å². The monoisotopic (exact) mass is 923 g/mol. The molecule has 0 unspecified atom stereocenters. The van der Waals surface area contributed by atoms with Crippen molar-refractivity contribution in [1.29, 1.82) is 0 Å².